The minimum Gasteiger partial charge on any atom is -0.550 e. The molecule has 3 rings (SSSR count). The van der Waals surface area contributed by atoms with Crippen molar-refractivity contribution >= 4 is 17.6 Å². The second kappa shape index (κ2) is 6.10. The Labute approximate surface area is 134 Å². The molecule has 6 heteroatoms. The molecule has 1 amide bonds. The molecule has 23 heavy (non-hydrogen) atoms. The summed E-state index contributed by atoms with van der Waals surface area (Å²) in [6.45, 7) is 0. The molecule has 6 nitrogen and oxygen atoms in total. The summed E-state index contributed by atoms with van der Waals surface area (Å²) in [6.07, 6.45) is 2.60. The van der Waals surface area contributed by atoms with Gasteiger partial charge in [-0.1, -0.05) is 0 Å². The normalized spacial score (nSPS) is 28.4. The van der Waals surface area contributed by atoms with E-state index in [0.29, 0.717) is 17.2 Å². The summed E-state index contributed by atoms with van der Waals surface area (Å²) < 4.78 is 10.4. The SMILES string of the molecule is COc1ccc(NC(=O)[C@@H]2[C@H]3CC[C@@H](C3)[C@@H]2C(=O)[O-])cc1OC. The number of fused-ring (bicyclic) bond motifs is 2. The van der Waals surface area contributed by atoms with Gasteiger partial charge in [0.15, 0.2) is 11.5 Å². The fourth-order valence-corrected chi connectivity index (χ4v) is 4.15. The summed E-state index contributed by atoms with van der Waals surface area (Å²) >= 11 is 0. The van der Waals surface area contributed by atoms with E-state index >= 15 is 0 Å². The second-order valence-corrected chi connectivity index (χ2v) is 6.26. The van der Waals surface area contributed by atoms with Gasteiger partial charge in [-0.2, -0.15) is 0 Å². The van der Waals surface area contributed by atoms with Gasteiger partial charge < -0.3 is 24.7 Å². The van der Waals surface area contributed by atoms with E-state index in [-0.39, 0.29) is 17.7 Å². The molecule has 2 aliphatic carbocycles. The number of carbonyl (C=O) groups is 2. The number of amides is 1. The van der Waals surface area contributed by atoms with Crippen molar-refractivity contribution in [3.63, 3.8) is 0 Å². The summed E-state index contributed by atoms with van der Waals surface area (Å²) in [7, 11) is 3.06. The first kappa shape index (κ1) is 15.6. The summed E-state index contributed by atoms with van der Waals surface area (Å²) in [4.78, 5) is 24.0. The third kappa shape index (κ3) is 2.73. The van der Waals surface area contributed by atoms with Crippen molar-refractivity contribution in [3.8, 4) is 11.5 Å². The van der Waals surface area contributed by atoms with Crippen molar-refractivity contribution in [3.05, 3.63) is 18.2 Å². The molecular formula is C17H20NO5-. The van der Waals surface area contributed by atoms with Gasteiger partial charge in [-0.15, -0.1) is 0 Å². The van der Waals surface area contributed by atoms with Crippen molar-refractivity contribution in [2.75, 3.05) is 19.5 Å². The average Bonchev–Trinajstić information content (AvgIpc) is 3.15. The van der Waals surface area contributed by atoms with Crippen LogP contribution in [-0.2, 0) is 9.59 Å². The predicted molar refractivity (Wildman–Crippen MR) is 81.0 cm³/mol. The van der Waals surface area contributed by atoms with Gasteiger partial charge in [-0.05, 0) is 43.2 Å². The Morgan fingerprint density at radius 2 is 1.74 bits per heavy atom. The molecule has 1 aromatic rings. The smallest absolute Gasteiger partial charge is 0.228 e. The van der Waals surface area contributed by atoms with Gasteiger partial charge in [0, 0.05) is 29.6 Å². The lowest BCUT2D eigenvalue weighted by Gasteiger charge is -2.30. The topological polar surface area (TPSA) is 87.7 Å². The van der Waals surface area contributed by atoms with Crippen LogP contribution >= 0.6 is 0 Å². The van der Waals surface area contributed by atoms with Crippen LogP contribution in [0.2, 0.25) is 0 Å². The first-order valence-electron chi connectivity index (χ1n) is 7.79. The van der Waals surface area contributed by atoms with Crippen molar-refractivity contribution in [1.29, 1.82) is 0 Å². The number of nitrogens with one attached hydrogen (secondary N) is 1. The summed E-state index contributed by atoms with van der Waals surface area (Å²) in [5.74, 6) is -1.24. The maximum atomic E-state index is 12.6. The fraction of sp³-hybridized carbons (Fsp3) is 0.529. The number of carboxylic acids is 1. The Bertz CT molecular complexity index is 629. The van der Waals surface area contributed by atoms with E-state index in [0.717, 1.165) is 19.3 Å². The van der Waals surface area contributed by atoms with E-state index in [9.17, 15) is 14.7 Å². The Balaban J connectivity index is 1.78. The van der Waals surface area contributed by atoms with Crippen LogP contribution in [-0.4, -0.2) is 26.1 Å². The van der Waals surface area contributed by atoms with E-state index in [4.69, 9.17) is 9.47 Å². The quantitative estimate of drug-likeness (QED) is 0.877. The van der Waals surface area contributed by atoms with Crippen LogP contribution in [0.15, 0.2) is 18.2 Å². The zero-order chi connectivity index (χ0) is 16.6. The Hall–Kier alpha value is -2.24. The van der Waals surface area contributed by atoms with Gasteiger partial charge in [-0.3, -0.25) is 4.79 Å². The number of rotatable bonds is 5. The van der Waals surface area contributed by atoms with E-state index in [1.165, 1.54) is 14.2 Å². The number of hydrogen-bond acceptors (Lipinski definition) is 5. The molecule has 0 spiro atoms. The van der Waals surface area contributed by atoms with Crippen LogP contribution in [0.4, 0.5) is 5.69 Å². The number of benzene rings is 1. The molecule has 0 radical (unpaired) electrons. The lowest BCUT2D eigenvalue weighted by atomic mass is 9.78. The van der Waals surface area contributed by atoms with Gasteiger partial charge >= 0.3 is 0 Å². The highest BCUT2D eigenvalue weighted by atomic mass is 16.5. The van der Waals surface area contributed by atoms with Gasteiger partial charge in [0.1, 0.15) is 0 Å². The standard InChI is InChI=1S/C17H21NO5/c1-22-12-6-5-11(8-13(12)23-2)18-16(19)14-9-3-4-10(7-9)15(14)17(20)21/h5-6,8-10,14-15H,3-4,7H2,1-2H3,(H,18,19)(H,20,21)/p-1/t9-,10-,14+,15-/m0/s1. The molecule has 0 saturated heterocycles. The third-order valence-corrected chi connectivity index (χ3v) is 5.14. The molecule has 2 saturated carbocycles. The minimum atomic E-state index is -1.11. The molecule has 2 fully saturated rings. The molecule has 2 aliphatic rings. The second-order valence-electron chi connectivity index (χ2n) is 6.26. The van der Waals surface area contributed by atoms with E-state index in [1.54, 1.807) is 18.2 Å². The van der Waals surface area contributed by atoms with Gasteiger partial charge in [0.05, 0.1) is 14.2 Å². The molecule has 1 N–H and O–H groups in total. The number of anilines is 1. The fourth-order valence-electron chi connectivity index (χ4n) is 4.15. The Morgan fingerprint density at radius 3 is 2.35 bits per heavy atom. The van der Waals surface area contributed by atoms with Gasteiger partial charge in [0.2, 0.25) is 5.91 Å². The monoisotopic (exact) mass is 318 g/mol. The van der Waals surface area contributed by atoms with Crippen LogP contribution < -0.4 is 19.9 Å². The molecule has 1 aromatic carbocycles. The molecule has 4 atom stereocenters. The zero-order valence-corrected chi connectivity index (χ0v) is 13.2. The van der Waals surface area contributed by atoms with Crippen molar-refractivity contribution in [1.82, 2.24) is 0 Å². The maximum Gasteiger partial charge on any atom is 0.228 e. The number of ether oxygens (including phenoxy) is 2. The largest absolute Gasteiger partial charge is 0.550 e. The highest BCUT2D eigenvalue weighted by Crippen LogP contribution is 2.52. The lowest BCUT2D eigenvalue weighted by Crippen LogP contribution is -2.43. The highest BCUT2D eigenvalue weighted by molar-refractivity contribution is 5.96. The zero-order valence-electron chi connectivity index (χ0n) is 13.2. The predicted octanol–water partition coefficient (Wildman–Crippen LogP) is 1.05. The van der Waals surface area contributed by atoms with Crippen LogP contribution in [0.3, 0.4) is 0 Å². The van der Waals surface area contributed by atoms with Crippen molar-refractivity contribution in [2.24, 2.45) is 23.7 Å². The summed E-state index contributed by atoms with van der Waals surface area (Å²) in [5.41, 5.74) is 0.563. The molecule has 0 aromatic heterocycles. The maximum absolute atomic E-state index is 12.6. The number of aliphatic carboxylic acids is 1. The van der Waals surface area contributed by atoms with E-state index < -0.39 is 17.8 Å². The molecule has 0 heterocycles. The minimum absolute atomic E-state index is 0.0751. The highest BCUT2D eigenvalue weighted by Gasteiger charge is 2.51. The summed E-state index contributed by atoms with van der Waals surface area (Å²) in [6, 6.07) is 5.07. The number of methoxy groups -OCH3 is 2. The lowest BCUT2D eigenvalue weighted by molar-refractivity contribution is -0.314. The third-order valence-electron chi connectivity index (χ3n) is 5.14. The number of carboxylic acid groups (broad SMARTS) is 1. The van der Waals surface area contributed by atoms with Crippen molar-refractivity contribution in [2.45, 2.75) is 19.3 Å². The first-order valence-corrected chi connectivity index (χ1v) is 7.79. The number of hydrogen-bond donors (Lipinski definition) is 1. The van der Waals surface area contributed by atoms with Crippen LogP contribution in [0, 0.1) is 23.7 Å². The van der Waals surface area contributed by atoms with Gasteiger partial charge in [-0.25, -0.2) is 0 Å². The van der Waals surface area contributed by atoms with Crippen LogP contribution in [0.1, 0.15) is 19.3 Å². The van der Waals surface area contributed by atoms with Crippen LogP contribution in [0.5, 0.6) is 11.5 Å². The molecular weight excluding hydrogens is 298 g/mol. The first-order chi connectivity index (χ1) is 11.0. The molecule has 0 aliphatic heterocycles. The van der Waals surface area contributed by atoms with Gasteiger partial charge in [0.25, 0.3) is 0 Å². The Kier molecular flexibility index (Phi) is 4.15. The molecule has 0 unspecified atom stereocenters. The molecule has 124 valence electrons. The van der Waals surface area contributed by atoms with Crippen molar-refractivity contribution < 1.29 is 24.2 Å². The Morgan fingerprint density at radius 1 is 1.09 bits per heavy atom. The summed E-state index contributed by atoms with van der Waals surface area (Å²) in [5, 5.41) is 14.2. The average molecular weight is 318 g/mol. The van der Waals surface area contributed by atoms with E-state index in [2.05, 4.69) is 5.32 Å². The number of carbonyl (C=O) groups excluding carboxylic acids is 2. The van der Waals surface area contributed by atoms with E-state index in [1.807, 2.05) is 0 Å². The molecule has 2 bridgehead atoms. The van der Waals surface area contributed by atoms with Crippen LogP contribution in [0.25, 0.3) is 0 Å².